The van der Waals surface area contributed by atoms with Gasteiger partial charge in [-0.2, -0.15) is 0 Å². The average Bonchev–Trinajstić information content (AvgIpc) is 2.77. The molecule has 29 heavy (non-hydrogen) atoms. The normalized spacial score (nSPS) is 18.8. The van der Waals surface area contributed by atoms with Gasteiger partial charge in [0.2, 0.25) is 0 Å². The van der Waals surface area contributed by atoms with Gasteiger partial charge < -0.3 is 0 Å². The van der Waals surface area contributed by atoms with E-state index in [1.165, 1.54) is 11.1 Å². The SMILES string of the molecule is CCc1ccc(C2C=CC(c3ccc(-c4ccc(C)cc4)c(F)c3F)CC2)cc1. The predicted octanol–water partition coefficient (Wildman–Crippen LogP) is 7.72. The fourth-order valence-corrected chi connectivity index (χ4v) is 4.16. The second kappa shape index (κ2) is 8.32. The summed E-state index contributed by atoms with van der Waals surface area (Å²) in [5, 5.41) is 0. The highest BCUT2D eigenvalue weighted by atomic mass is 19.2. The zero-order chi connectivity index (χ0) is 20.4. The van der Waals surface area contributed by atoms with E-state index >= 15 is 0 Å². The first-order valence-corrected chi connectivity index (χ1v) is 10.4. The molecule has 4 rings (SSSR count). The summed E-state index contributed by atoms with van der Waals surface area (Å²) in [5.41, 5.74) is 5.19. The summed E-state index contributed by atoms with van der Waals surface area (Å²) in [6.45, 7) is 4.13. The Morgan fingerprint density at radius 2 is 1.41 bits per heavy atom. The minimum atomic E-state index is -0.753. The quantitative estimate of drug-likeness (QED) is 0.401. The number of allylic oxidation sites excluding steroid dienone is 2. The van der Waals surface area contributed by atoms with E-state index in [1.807, 2.05) is 37.3 Å². The van der Waals surface area contributed by atoms with E-state index in [9.17, 15) is 8.78 Å². The maximum Gasteiger partial charge on any atom is 0.166 e. The molecule has 0 fully saturated rings. The molecule has 2 heteroatoms. The highest BCUT2D eigenvalue weighted by Gasteiger charge is 2.23. The van der Waals surface area contributed by atoms with Crippen LogP contribution in [-0.4, -0.2) is 0 Å². The topological polar surface area (TPSA) is 0 Å². The Hall–Kier alpha value is -2.74. The molecule has 0 saturated carbocycles. The molecule has 3 aromatic carbocycles. The van der Waals surface area contributed by atoms with Crippen LogP contribution in [-0.2, 0) is 6.42 Å². The molecule has 1 aliphatic carbocycles. The lowest BCUT2D eigenvalue weighted by Gasteiger charge is -2.24. The predicted molar refractivity (Wildman–Crippen MR) is 116 cm³/mol. The molecule has 0 heterocycles. The first-order valence-electron chi connectivity index (χ1n) is 10.4. The molecule has 2 unspecified atom stereocenters. The van der Waals surface area contributed by atoms with Gasteiger partial charge in [-0.3, -0.25) is 0 Å². The average molecular weight is 389 g/mol. The fourth-order valence-electron chi connectivity index (χ4n) is 4.16. The first kappa shape index (κ1) is 19.6. The van der Waals surface area contributed by atoms with E-state index in [4.69, 9.17) is 0 Å². The fraction of sp³-hybridized carbons (Fsp3) is 0.259. The molecular formula is C27H26F2. The highest BCUT2D eigenvalue weighted by molar-refractivity contribution is 5.65. The van der Waals surface area contributed by atoms with E-state index in [0.717, 1.165) is 24.8 Å². The molecule has 0 aromatic heterocycles. The minimum absolute atomic E-state index is 0.0808. The van der Waals surface area contributed by atoms with E-state index in [1.54, 1.807) is 12.1 Å². The van der Waals surface area contributed by atoms with Crippen molar-refractivity contribution in [2.45, 2.75) is 44.9 Å². The molecular weight excluding hydrogens is 362 g/mol. The molecule has 1 aliphatic rings. The molecule has 0 N–H and O–H groups in total. The molecule has 0 bridgehead atoms. The highest BCUT2D eigenvalue weighted by Crippen LogP contribution is 2.38. The van der Waals surface area contributed by atoms with Gasteiger partial charge in [0.05, 0.1) is 0 Å². The molecule has 0 spiro atoms. The summed E-state index contributed by atoms with van der Waals surface area (Å²) in [7, 11) is 0. The van der Waals surface area contributed by atoms with E-state index in [2.05, 4.69) is 37.3 Å². The molecule has 2 atom stereocenters. The van der Waals surface area contributed by atoms with Gasteiger partial charge in [-0.15, -0.1) is 0 Å². The van der Waals surface area contributed by atoms with Crippen LogP contribution in [0, 0.1) is 18.6 Å². The second-order valence-corrected chi connectivity index (χ2v) is 7.97. The van der Waals surface area contributed by atoms with Crippen molar-refractivity contribution in [1.29, 1.82) is 0 Å². The molecule has 148 valence electrons. The Morgan fingerprint density at radius 1 is 0.759 bits per heavy atom. The lowest BCUT2D eigenvalue weighted by atomic mass is 9.81. The van der Waals surface area contributed by atoms with Gasteiger partial charge in [0.15, 0.2) is 11.6 Å². The number of hydrogen-bond acceptors (Lipinski definition) is 0. The zero-order valence-electron chi connectivity index (χ0n) is 17.0. The Bertz CT molecular complexity index is 1010. The minimum Gasteiger partial charge on any atom is -0.203 e. The van der Waals surface area contributed by atoms with Crippen molar-refractivity contribution in [3.05, 3.63) is 107 Å². The third kappa shape index (κ3) is 4.03. The van der Waals surface area contributed by atoms with Gasteiger partial charge >= 0.3 is 0 Å². The lowest BCUT2D eigenvalue weighted by Crippen LogP contribution is -2.09. The van der Waals surface area contributed by atoms with E-state index in [0.29, 0.717) is 22.6 Å². The van der Waals surface area contributed by atoms with Crippen LogP contribution in [0.2, 0.25) is 0 Å². The molecule has 0 amide bonds. The summed E-state index contributed by atoms with van der Waals surface area (Å²) in [5.74, 6) is -1.21. The Kier molecular flexibility index (Phi) is 5.62. The molecule has 3 aromatic rings. The van der Waals surface area contributed by atoms with E-state index < -0.39 is 11.6 Å². The smallest absolute Gasteiger partial charge is 0.166 e. The van der Waals surface area contributed by atoms with E-state index in [-0.39, 0.29) is 5.92 Å². The molecule has 0 nitrogen and oxygen atoms in total. The summed E-state index contributed by atoms with van der Waals surface area (Å²) in [4.78, 5) is 0. The van der Waals surface area contributed by atoms with Crippen LogP contribution in [0.15, 0.2) is 72.8 Å². The van der Waals surface area contributed by atoms with Gasteiger partial charge in [-0.1, -0.05) is 85.3 Å². The van der Waals surface area contributed by atoms with Crippen LogP contribution in [0.4, 0.5) is 8.78 Å². The third-order valence-electron chi connectivity index (χ3n) is 6.05. The summed E-state index contributed by atoms with van der Waals surface area (Å²) < 4.78 is 29.7. The molecule has 0 saturated heterocycles. The Labute approximate surface area is 171 Å². The van der Waals surface area contributed by atoms with Crippen molar-refractivity contribution in [2.24, 2.45) is 0 Å². The van der Waals surface area contributed by atoms with Gasteiger partial charge in [-0.05, 0) is 48.4 Å². The van der Waals surface area contributed by atoms with Crippen molar-refractivity contribution >= 4 is 0 Å². The van der Waals surface area contributed by atoms with Crippen molar-refractivity contribution in [3.63, 3.8) is 0 Å². The number of aryl methyl sites for hydroxylation is 2. The molecule has 0 radical (unpaired) electrons. The van der Waals surface area contributed by atoms with Crippen LogP contribution in [0.1, 0.15) is 53.9 Å². The number of rotatable bonds is 4. The third-order valence-corrected chi connectivity index (χ3v) is 6.05. The second-order valence-electron chi connectivity index (χ2n) is 7.97. The van der Waals surface area contributed by atoms with Crippen molar-refractivity contribution in [2.75, 3.05) is 0 Å². The number of benzene rings is 3. The van der Waals surface area contributed by atoms with Crippen molar-refractivity contribution in [3.8, 4) is 11.1 Å². The zero-order valence-corrected chi connectivity index (χ0v) is 17.0. The van der Waals surface area contributed by atoms with Crippen LogP contribution < -0.4 is 0 Å². The Balaban J connectivity index is 1.56. The van der Waals surface area contributed by atoms with Crippen LogP contribution >= 0.6 is 0 Å². The van der Waals surface area contributed by atoms with Gasteiger partial charge in [0, 0.05) is 17.4 Å². The maximum absolute atomic E-state index is 14.9. The molecule has 0 aliphatic heterocycles. The van der Waals surface area contributed by atoms with Crippen LogP contribution in [0.5, 0.6) is 0 Å². The number of halogens is 2. The summed E-state index contributed by atoms with van der Waals surface area (Å²) in [6.07, 6.45) is 6.99. The van der Waals surface area contributed by atoms with Gasteiger partial charge in [0.25, 0.3) is 0 Å². The standard InChI is InChI=1S/C27H26F2/c1-3-19-6-10-20(11-7-19)21-12-14-23(15-13-21)25-17-16-24(26(28)27(25)29)22-8-4-18(2)5-9-22/h4-12,14,16-17,21,23H,3,13,15H2,1-2H3. The summed E-state index contributed by atoms with van der Waals surface area (Å²) >= 11 is 0. The van der Waals surface area contributed by atoms with Crippen molar-refractivity contribution < 1.29 is 8.78 Å². The largest absolute Gasteiger partial charge is 0.203 e. The Morgan fingerprint density at radius 3 is 2.03 bits per heavy atom. The van der Waals surface area contributed by atoms with Crippen LogP contribution in [0.25, 0.3) is 11.1 Å². The number of hydrogen-bond donors (Lipinski definition) is 0. The van der Waals surface area contributed by atoms with Gasteiger partial charge in [-0.25, -0.2) is 8.78 Å². The van der Waals surface area contributed by atoms with Crippen molar-refractivity contribution in [1.82, 2.24) is 0 Å². The van der Waals surface area contributed by atoms with Gasteiger partial charge in [0.1, 0.15) is 0 Å². The first-order chi connectivity index (χ1) is 14.1. The lowest BCUT2D eigenvalue weighted by molar-refractivity contribution is 0.487. The summed E-state index contributed by atoms with van der Waals surface area (Å²) in [6, 6.07) is 19.7. The maximum atomic E-state index is 14.9. The van der Waals surface area contributed by atoms with Crippen LogP contribution in [0.3, 0.4) is 0 Å². The monoisotopic (exact) mass is 388 g/mol.